The molecule has 12 nitrogen and oxygen atoms in total. The number of non-ortho nitro benzene ring substituents is 1. The summed E-state index contributed by atoms with van der Waals surface area (Å²) in [4.78, 5) is 47.5. The third-order valence-corrected chi connectivity index (χ3v) is 4.83. The van der Waals surface area contributed by atoms with Crippen LogP contribution < -0.4 is 4.90 Å². The second kappa shape index (κ2) is 13.9. The lowest BCUT2D eigenvalue weighted by molar-refractivity contribution is -0.384. The molecule has 194 valence electrons. The minimum Gasteiger partial charge on any atom is -0.459 e. The Kier molecular flexibility index (Phi) is 10.6. The van der Waals surface area contributed by atoms with Crippen molar-refractivity contribution in [3.05, 3.63) is 83.5 Å². The molecule has 0 spiro atoms. The minimum absolute atomic E-state index is 0.0444. The molecule has 1 unspecified atom stereocenters. The first-order valence-electron chi connectivity index (χ1n) is 11.1. The second-order valence-electron chi connectivity index (χ2n) is 7.21. The van der Waals surface area contributed by atoms with Gasteiger partial charge in [0.05, 0.1) is 16.2 Å². The average molecular weight is 511 g/mol. The molecule has 0 fully saturated rings. The number of rotatable bonds is 13. The first-order valence-corrected chi connectivity index (χ1v) is 11.1. The van der Waals surface area contributed by atoms with Crippen molar-refractivity contribution in [3.8, 4) is 0 Å². The van der Waals surface area contributed by atoms with Gasteiger partial charge in [0.1, 0.15) is 18.9 Å². The summed E-state index contributed by atoms with van der Waals surface area (Å²) in [5.74, 6) is -2.11. The first-order chi connectivity index (χ1) is 17.7. The highest BCUT2D eigenvalue weighted by atomic mass is 16.6. The van der Waals surface area contributed by atoms with Gasteiger partial charge in [-0.15, -0.1) is 5.11 Å². The molecule has 0 aliphatic heterocycles. The van der Waals surface area contributed by atoms with Gasteiger partial charge in [0.2, 0.25) is 0 Å². The molecule has 2 rings (SSSR count). The Bertz CT molecular complexity index is 1190. The largest absolute Gasteiger partial charge is 0.459 e. The minimum atomic E-state index is -0.899. The summed E-state index contributed by atoms with van der Waals surface area (Å²) in [6.45, 7) is 10.4. The lowest BCUT2D eigenvalue weighted by atomic mass is 10.1. The summed E-state index contributed by atoms with van der Waals surface area (Å²) in [6.07, 6.45) is 1.52. The zero-order valence-corrected chi connectivity index (χ0v) is 20.4. The van der Waals surface area contributed by atoms with E-state index in [2.05, 4.69) is 23.4 Å². The van der Waals surface area contributed by atoms with E-state index in [1.165, 1.54) is 12.1 Å². The Hall–Kier alpha value is -4.87. The molecule has 0 saturated heterocycles. The monoisotopic (exact) mass is 510 g/mol. The number of nitro groups is 1. The maximum Gasteiger partial charge on any atom is 0.340 e. The Morgan fingerprint density at radius 3 is 2.27 bits per heavy atom. The molecule has 1 atom stereocenters. The van der Waals surface area contributed by atoms with Crippen molar-refractivity contribution in [2.75, 3.05) is 24.7 Å². The molecule has 0 heterocycles. The topological polar surface area (TPSA) is 150 Å². The average Bonchev–Trinajstić information content (AvgIpc) is 2.90. The van der Waals surface area contributed by atoms with Crippen LogP contribution in [0.2, 0.25) is 0 Å². The van der Waals surface area contributed by atoms with E-state index in [0.717, 1.165) is 23.9 Å². The van der Waals surface area contributed by atoms with Crippen molar-refractivity contribution in [1.29, 1.82) is 0 Å². The fourth-order valence-electron chi connectivity index (χ4n) is 3.05. The Balaban J connectivity index is 2.20. The van der Waals surface area contributed by atoms with E-state index in [0.29, 0.717) is 12.2 Å². The molecule has 0 aromatic heterocycles. The van der Waals surface area contributed by atoms with E-state index < -0.39 is 29.1 Å². The molecule has 0 aliphatic rings. The molecule has 0 saturated carbocycles. The smallest absolute Gasteiger partial charge is 0.340 e. The van der Waals surface area contributed by atoms with Crippen LogP contribution in [0.25, 0.3) is 0 Å². The van der Waals surface area contributed by atoms with E-state index in [1.54, 1.807) is 31.2 Å². The van der Waals surface area contributed by atoms with Crippen molar-refractivity contribution < 1.29 is 33.5 Å². The summed E-state index contributed by atoms with van der Waals surface area (Å²) in [5, 5.41) is 19.3. The van der Waals surface area contributed by atoms with Crippen LogP contribution in [0, 0.1) is 10.1 Å². The summed E-state index contributed by atoms with van der Waals surface area (Å²) in [6, 6.07) is 10.3. The van der Waals surface area contributed by atoms with Crippen LogP contribution in [0.5, 0.6) is 0 Å². The van der Waals surface area contributed by atoms with Crippen LogP contribution in [-0.2, 0) is 23.8 Å². The first kappa shape index (κ1) is 28.4. The molecule has 12 heteroatoms. The second-order valence-corrected chi connectivity index (χ2v) is 7.21. The number of ether oxygens (including phenoxy) is 3. The molecule has 0 amide bonds. The number of carbonyl (C=O) groups excluding carboxylic acids is 3. The van der Waals surface area contributed by atoms with Gasteiger partial charge in [-0.05, 0) is 44.2 Å². The van der Waals surface area contributed by atoms with Crippen LogP contribution in [-0.4, -0.2) is 48.8 Å². The fraction of sp³-hybridized carbons (Fsp3) is 0.240. The molecule has 0 bridgehead atoms. The molecule has 2 aromatic carbocycles. The van der Waals surface area contributed by atoms with E-state index in [-0.39, 0.29) is 30.2 Å². The van der Waals surface area contributed by atoms with Gasteiger partial charge in [0, 0.05) is 36.5 Å². The number of nitro benzene ring substituents is 1. The Labute approximate surface area is 213 Å². The van der Waals surface area contributed by atoms with E-state index in [1.807, 2.05) is 11.8 Å². The van der Waals surface area contributed by atoms with Crippen molar-refractivity contribution in [2.45, 2.75) is 20.1 Å². The number of esters is 3. The van der Waals surface area contributed by atoms with Gasteiger partial charge in [-0.25, -0.2) is 14.4 Å². The number of azo groups is 1. The molecule has 0 aliphatic carbocycles. The lowest BCUT2D eigenvalue weighted by Gasteiger charge is -2.29. The summed E-state index contributed by atoms with van der Waals surface area (Å²) < 4.78 is 15.0. The fourth-order valence-corrected chi connectivity index (χ4v) is 3.05. The predicted octanol–water partition coefficient (Wildman–Crippen LogP) is 4.80. The van der Waals surface area contributed by atoms with E-state index in [4.69, 9.17) is 14.2 Å². The Morgan fingerprint density at radius 1 is 1.03 bits per heavy atom. The van der Waals surface area contributed by atoms with Gasteiger partial charge in [-0.1, -0.05) is 13.2 Å². The SMILES string of the molecule is C=CC(=O)OCCOC(=O)c1cc([N+](=O)[O-])ccc1/N=N/c1ccc(N(CC)C(C)OC(=O)C=C)cc1. The van der Waals surface area contributed by atoms with Crippen LogP contribution in [0.3, 0.4) is 0 Å². The molecule has 0 N–H and O–H groups in total. The van der Waals surface area contributed by atoms with E-state index >= 15 is 0 Å². The van der Waals surface area contributed by atoms with E-state index in [9.17, 15) is 24.5 Å². The maximum atomic E-state index is 12.5. The maximum absolute atomic E-state index is 12.5. The molecule has 37 heavy (non-hydrogen) atoms. The quantitative estimate of drug-likeness (QED) is 0.0541. The predicted molar refractivity (Wildman–Crippen MR) is 134 cm³/mol. The van der Waals surface area contributed by atoms with Crippen LogP contribution in [0.4, 0.5) is 22.7 Å². The molecule has 2 aromatic rings. The number of hydrogen-bond acceptors (Lipinski definition) is 11. The molecule has 0 radical (unpaired) electrons. The summed E-state index contributed by atoms with van der Waals surface area (Å²) in [7, 11) is 0. The highest BCUT2D eigenvalue weighted by Crippen LogP contribution is 2.28. The highest BCUT2D eigenvalue weighted by molar-refractivity contribution is 5.95. The number of benzene rings is 2. The third-order valence-electron chi connectivity index (χ3n) is 4.83. The highest BCUT2D eigenvalue weighted by Gasteiger charge is 2.19. The number of hydrogen-bond donors (Lipinski definition) is 0. The molecular formula is C25H26N4O8. The number of anilines is 1. The van der Waals surface area contributed by atoms with Crippen molar-refractivity contribution in [2.24, 2.45) is 10.2 Å². The van der Waals surface area contributed by atoms with Crippen molar-refractivity contribution in [1.82, 2.24) is 0 Å². The van der Waals surface area contributed by atoms with Crippen LogP contribution in [0.15, 0.2) is 78.0 Å². The molecular weight excluding hydrogens is 484 g/mol. The standard InChI is InChI=1S/C25H26N4O8/c1-5-23(30)35-14-15-36-25(32)21-16-20(29(33)34)12-13-22(21)27-26-18-8-10-19(11-9-18)28(7-3)17(4)37-24(31)6-2/h5-6,8-13,16-17H,1-2,7,14-15H2,3-4H3/b27-26+. The van der Waals surface area contributed by atoms with Crippen LogP contribution in [0.1, 0.15) is 24.2 Å². The summed E-state index contributed by atoms with van der Waals surface area (Å²) in [5.41, 5.74) is 0.730. The van der Waals surface area contributed by atoms with Gasteiger partial charge in [-0.2, -0.15) is 5.11 Å². The Morgan fingerprint density at radius 2 is 1.68 bits per heavy atom. The van der Waals surface area contributed by atoms with Gasteiger partial charge >= 0.3 is 17.9 Å². The number of carbonyl (C=O) groups is 3. The number of nitrogens with zero attached hydrogens (tertiary/aromatic N) is 4. The summed E-state index contributed by atoms with van der Waals surface area (Å²) >= 11 is 0. The zero-order valence-electron chi connectivity index (χ0n) is 20.4. The van der Waals surface area contributed by atoms with Gasteiger partial charge in [-0.3, -0.25) is 10.1 Å². The van der Waals surface area contributed by atoms with Crippen molar-refractivity contribution in [3.63, 3.8) is 0 Å². The van der Waals surface area contributed by atoms with Crippen molar-refractivity contribution >= 4 is 40.7 Å². The zero-order chi connectivity index (χ0) is 27.4. The van der Waals surface area contributed by atoms with Gasteiger partial charge < -0.3 is 19.1 Å². The normalized spacial score (nSPS) is 11.3. The lowest BCUT2D eigenvalue weighted by Crippen LogP contribution is -2.36. The van der Waals surface area contributed by atoms with Gasteiger partial charge in [0.25, 0.3) is 5.69 Å². The van der Waals surface area contributed by atoms with Crippen LogP contribution >= 0.6 is 0 Å². The van der Waals surface area contributed by atoms with Gasteiger partial charge in [0.15, 0.2) is 6.23 Å². The third kappa shape index (κ3) is 8.38.